The number of rotatable bonds is 4. The number of amides is 1. The van der Waals surface area contributed by atoms with E-state index in [1.165, 1.54) is 6.07 Å². The van der Waals surface area contributed by atoms with Crippen LogP contribution in [0.4, 0.5) is 0 Å². The van der Waals surface area contributed by atoms with Gasteiger partial charge in [0.05, 0.1) is 12.2 Å². The number of nitrogens with one attached hydrogen (secondary N) is 1. The molecule has 0 bridgehead atoms. The molecule has 0 heterocycles. The monoisotopic (exact) mass is 273 g/mol. The molecule has 1 amide bonds. The molecule has 0 spiro atoms. The van der Waals surface area contributed by atoms with Crippen molar-refractivity contribution in [3.05, 3.63) is 47.5 Å². The number of fused-ring (bicyclic) bond motifs is 1. The van der Waals surface area contributed by atoms with Crippen LogP contribution >= 0.6 is 0 Å². The summed E-state index contributed by atoms with van der Waals surface area (Å²) in [4.78, 5) is 23.5. The zero-order valence-electron chi connectivity index (χ0n) is 11.0. The van der Waals surface area contributed by atoms with Gasteiger partial charge in [-0.05, 0) is 24.4 Å². The third-order valence-electron chi connectivity index (χ3n) is 3.03. The fraction of sp³-hybridized carbons (Fsp3) is 0.200. The molecule has 3 N–H and O–H groups in total. The van der Waals surface area contributed by atoms with E-state index in [0.29, 0.717) is 16.3 Å². The summed E-state index contributed by atoms with van der Waals surface area (Å²) in [6, 6.07) is 9.51. The Balaban J connectivity index is 2.58. The Morgan fingerprint density at radius 3 is 2.30 bits per heavy atom. The lowest BCUT2D eigenvalue weighted by Gasteiger charge is -2.13. The summed E-state index contributed by atoms with van der Waals surface area (Å²) >= 11 is 0. The predicted molar refractivity (Wildman–Crippen MR) is 74.9 cm³/mol. The SMILES string of the molecule is C[C@@H](CO)NC(=O)c1cccc2cccc(C(=O)O)c12. The van der Waals surface area contributed by atoms with Gasteiger partial charge in [0.15, 0.2) is 0 Å². The van der Waals surface area contributed by atoms with Crippen molar-refractivity contribution in [2.75, 3.05) is 6.61 Å². The average Bonchev–Trinajstić information content (AvgIpc) is 2.45. The van der Waals surface area contributed by atoms with Crippen LogP contribution in [-0.2, 0) is 0 Å². The molecule has 0 aromatic heterocycles. The summed E-state index contributed by atoms with van der Waals surface area (Å²) in [6.45, 7) is 1.49. The first-order valence-electron chi connectivity index (χ1n) is 6.21. The topological polar surface area (TPSA) is 86.6 Å². The Morgan fingerprint density at radius 1 is 1.15 bits per heavy atom. The number of aromatic carboxylic acids is 1. The molecule has 0 aliphatic heterocycles. The lowest BCUT2D eigenvalue weighted by atomic mass is 9.98. The van der Waals surface area contributed by atoms with Gasteiger partial charge in [0.2, 0.25) is 0 Å². The molecular weight excluding hydrogens is 258 g/mol. The van der Waals surface area contributed by atoms with Gasteiger partial charge in [0, 0.05) is 17.0 Å². The number of aliphatic hydroxyl groups is 1. The van der Waals surface area contributed by atoms with Crippen molar-refractivity contribution < 1.29 is 19.8 Å². The number of aliphatic hydroxyl groups excluding tert-OH is 1. The van der Waals surface area contributed by atoms with Crippen LogP contribution < -0.4 is 5.32 Å². The van der Waals surface area contributed by atoms with E-state index in [1.807, 2.05) is 0 Å². The molecule has 20 heavy (non-hydrogen) atoms. The first kappa shape index (κ1) is 14.0. The van der Waals surface area contributed by atoms with Crippen molar-refractivity contribution in [3.63, 3.8) is 0 Å². The van der Waals surface area contributed by atoms with E-state index < -0.39 is 17.9 Å². The molecular formula is C15H15NO4. The maximum Gasteiger partial charge on any atom is 0.336 e. The van der Waals surface area contributed by atoms with E-state index in [4.69, 9.17) is 5.11 Å². The molecule has 0 radical (unpaired) electrons. The molecule has 0 saturated heterocycles. The molecule has 2 rings (SSSR count). The van der Waals surface area contributed by atoms with Crippen LogP contribution in [0.1, 0.15) is 27.6 Å². The van der Waals surface area contributed by atoms with Gasteiger partial charge in [0.25, 0.3) is 5.91 Å². The fourth-order valence-electron chi connectivity index (χ4n) is 2.06. The molecule has 2 aromatic rings. The first-order chi connectivity index (χ1) is 9.54. The Kier molecular flexibility index (Phi) is 4.00. The van der Waals surface area contributed by atoms with E-state index >= 15 is 0 Å². The average molecular weight is 273 g/mol. The van der Waals surface area contributed by atoms with Gasteiger partial charge in [-0.3, -0.25) is 4.79 Å². The number of carbonyl (C=O) groups excluding carboxylic acids is 1. The zero-order valence-corrected chi connectivity index (χ0v) is 11.0. The number of hydrogen-bond donors (Lipinski definition) is 3. The molecule has 5 nitrogen and oxygen atoms in total. The second-order valence-electron chi connectivity index (χ2n) is 4.57. The zero-order chi connectivity index (χ0) is 14.7. The van der Waals surface area contributed by atoms with Crippen molar-refractivity contribution in [2.24, 2.45) is 0 Å². The van der Waals surface area contributed by atoms with Crippen LogP contribution in [0.15, 0.2) is 36.4 Å². The van der Waals surface area contributed by atoms with Gasteiger partial charge in [-0.1, -0.05) is 24.3 Å². The Morgan fingerprint density at radius 2 is 1.75 bits per heavy atom. The second kappa shape index (κ2) is 5.71. The van der Waals surface area contributed by atoms with Gasteiger partial charge in [-0.25, -0.2) is 4.79 Å². The lowest BCUT2D eigenvalue weighted by molar-refractivity contribution is 0.0699. The fourth-order valence-corrected chi connectivity index (χ4v) is 2.06. The van der Waals surface area contributed by atoms with E-state index in [9.17, 15) is 14.7 Å². The van der Waals surface area contributed by atoms with E-state index in [1.54, 1.807) is 37.3 Å². The van der Waals surface area contributed by atoms with Crippen molar-refractivity contribution >= 4 is 22.6 Å². The van der Waals surface area contributed by atoms with Crippen molar-refractivity contribution in [3.8, 4) is 0 Å². The maximum atomic E-state index is 12.2. The molecule has 0 fully saturated rings. The minimum atomic E-state index is -1.08. The summed E-state index contributed by atoms with van der Waals surface area (Å²) in [6.07, 6.45) is 0. The van der Waals surface area contributed by atoms with Gasteiger partial charge in [-0.15, -0.1) is 0 Å². The highest BCUT2D eigenvalue weighted by Crippen LogP contribution is 2.23. The second-order valence-corrected chi connectivity index (χ2v) is 4.57. The van der Waals surface area contributed by atoms with Gasteiger partial charge >= 0.3 is 5.97 Å². The minimum absolute atomic E-state index is 0.0879. The quantitative estimate of drug-likeness (QED) is 0.790. The number of carbonyl (C=O) groups is 2. The first-order valence-corrected chi connectivity index (χ1v) is 6.21. The molecule has 0 saturated carbocycles. The number of benzene rings is 2. The van der Waals surface area contributed by atoms with Gasteiger partial charge < -0.3 is 15.5 Å². The molecule has 0 aliphatic rings. The van der Waals surface area contributed by atoms with E-state index in [-0.39, 0.29) is 12.2 Å². The third kappa shape index (κ3) is 2.62. The Labute approximate surface area is 115 Å². The van der Waals surface area contributed by atoms with Crippen LogP contribution in [0.3, 0.4) is 0 Å². The highest BCUT2D eigenvalue weighted by molar-refractivity contribution is 6.14. The predicted octanol–water partition coefficient (Wildman–Crippen LogP) is 1.65. The van der Waals surface area contributed by atoms with Crippen LogP contribution in [-0.4, -0.2) is 34.7 Å². The molecule has 2 aromatic carbocycles. The third-order valence-corrected chi connectivity index (χ3v) is 3.03. The molecule has 0 unspecified atom stereocenters. The molecule has 5 heteroatoms. The Bertz CT molecular complexity index is 661. The standard InChI is InChI=1S/C15H15NO4/c1-9(8-17)16-14(18)11-6-2-4-10-5-3-7-12(13(10)11)15(19)20/h2-7,9,17H,8H2,1H3,(H,16,18)(H,19,20)/t9-/m0/s1. The van der Waals surface area contributed by atoms with Crippen molar-refractivity contribution in [2.45, 2.75) is 13.0 Å². The van der Waals surface area contributed by atoms with E-state index in [2.05, 4.69) is 5.32 Å². The normalized spacial score (nSPS) is 12.1. The summed E-state index contributed by atoms with van der Waals surface area (Å²) in [5, 5.41) is 21.9. The van der Waals surface area contributed by atoms with Crippen LogP contribution in [0, 0.1) is 0 Å². The lowest BCUT2D eigenvalue weighted by Crippen LogP contribution is -2.35. The number of carboxylic acids is 1. The Hall–Kier alpha value is -2.40. The summed E-state index contributed by atoms with van der Waals surface area (Å²) in [7, 11) is 0. The summed E-state index contributed by atoms with van der Waals surface area (Å²) < 4.78 is 0. The highest BCUT2D eigenvalue weighted by atomic mass is 16.4. The van der Waals surface area contributed by atoms with Crippen LogP contribution in [0.25, 0.3) is 10.8 Å². The smallest absolute Gasteiger partial charge is 0.336 e. The molecule has 0 aliphatic carbocycles. The maximum absolute atomic E-state index is 12.2. The van der Waals surface area contributed by atoms with Gasteiger partial charge in [0.1, 0.15) is 0 Å². The number of carboxylic acid groups (broad SMARTS) is 1. The van der Waals surface area contributed by atoms with Crippen molar-refractivity contribution in [1.82, 2.24) is 5.32 Å². The summed E-state index contributed by atoms with van der Waals surface area (Å²) in [5.74, 6) is -1.48. The molecule has 1 atom stereocenters. The highest BCUT2D eigenvalue weighted by Gasteiger charge is 2.17. The van der Waals surface area contributed by atoms with Gasteiger partial charge in [-0.2, -0.15) is 0 Å². The van der Waals surface area contributed by atoms with Crippen LogP contribution in [0.2, 0.25) is 0 Å². The summed E-state index contributed by atoms with van der Waals surface area (Å²) in [5.41, 5.74) is 0.380. The minimum Gasteiger partial charge on any atom is -0.478 e. The largest absolute Gasteiger partial charge is 0.478 e. The number of hydrogen-bond acceptors (Lipinski definition) is 3. The van der Waals surface area contributed by atoms with Crippen LogP contribution in [0.5, 0.6) is 0 Å². The molecule has 104 valence electrons. The van der Waals surface area contributed by atoms with E-state index in [0.717, 1.165) is 0 Å². The van der Waals surface area contributed by atoms with Crippen molar-refractivity contribution in [1.29, 1.82) is 0 Å².